The molecule has 3 nitrogen and oxygen atoms in total. The van der Waals surface area contributed by atoms with Gasteiger partial charge >= 0.3 is 0 Å². The van der Waals surface area contributed by atoms with Crippen molar-refractivity contribution in [2.24, 2.45) is 5.16 Å². The van der Waals surface area contributed by atoms with Crippen molar-refractivity contribution >= 4 is 39.2 Å². The van der Waals surface area contributed by atoms with E-state index in [1.807, 2.05) is 23.9 Å². The largest absolute Gasteiger partial charge is 0.360 e. The molecule has 2 aliphatic rings. The summed E-state index contributed by atoms with van der Waals surface area (Å²) in [7, 11) is 0. The second kappa shape index (κ2) is 7.22. The molecule has 0 N–H and O–H groups in total. The van der Waals surface area contributed by atoms with Crippen molar-refractivity contribution in [2.45, 2.75) is 36.1 Å². The molecule has 0 aromatic heterocycles. The fourth-order valence-electron chi connectivity index (χ4n) is 4.12. The molecule has 146 valence electrons. The first-order valence-corrected chi connectivity index (χ1v) is 11.4. The molecule has 0 amide bonds. The number of hydrogen-bond donors (Lipinski definition) is 0. The number of fused-ring (bicyclic) bond motifs is 3. The van der Waals surface area contributed by atoms with Gasteiger partial charge in [-0.2, -0.15) is 0 Å². The normalized spacial score (nSPS) is 22.9. The van der Waals surface area contributed by atoms with Gasteiger partial charge in [-0.05, 0) is 31.2 Å². The van der Waals surface area contributed by atoms with Gasteiger partial charge in [0.05, 0.1) is 5.69 Å². The van der Waals surface area contributed by atoms with E-state index in [4.69, 9.17) is 4.84 Å². The smallest absolute Gasteiger partial charge is 0.242 e. The molecule has 0 bridgehead atoms. The van der Waals surface area contributed by atoms with Gasteiger partial charge in [0.25, 0.3) is 0 Å². The second-order valence-electron chi connectivity index (χ2n) is 7.60. The Hall–Kier alpha value is -2.24. The monoisotopic (exact) mass is 464 g/mol. The van der Waals surface area contributed by atoms with Crippen LogP contribution in [0.25, 0.3) is 0 Å². The van der Waals surface area contributed by atoms with Gasteiger partial charge in [0.2, 0.25) is 5.72 Å². The van der Waals surface area contributed by atoms with Crippen molar-refractivity contribution in [1.82, 2.24) is 0 Å². The number of hydrogen-bond acceptors (Lipinski definition) is 4. The van der Waals surface area contributed by atoms with E-state index in [0.29, 0.717) is 5.25 Å². The summed E-state index contributed by atoms with van der Waals surface area (Å²) in [6.07, 6.45) is 0.830. The van der Waals surface area contributed by atoms with E-state index < -0.39 is 5.72 Å². The summed E-state index contributed by atoms with van der Waals surface area (Å²) in [5, 5.41) is 5.02. The van der Waals surface area contributed by atoms with Crippen LogP contribution in [0.5, 0.6) is 0 Å². The van der Waals surface area contributed by atoms with E-state index in [-0.39, 0.29) is 0 Å². The predicted molar refractivity (Wildman–Crippen MR) is 123 cm³/mol. The minimum atomic E-state index is -0.662. The lowest BCUT2D eigenvalue weighted by atomic mass is 9.93. The molecular weight excluding hydrogens is 444 g/mol. The third kappa shape index (κ3) is 3.17. The maximum Gasteiger partial charge on any atom is 0.242 e. The van der Waals surface area contributed by atoms with Crippen LogP contribution in [-0.2, 0) is 10.6 Å². The third-order valence-electron chi connectivity index (χ3n) is 5.44. The number of nitrogens with zero attached hydrogens (tertiary/aromatic N) is 2. The number of aryl methyl sites for hydroxylation is 1. The summed E-state index contributed by atoms with van der Waals surface area (Å²) in [5.74, 6) is 0.842. The molecule has 0 spiro atoms. The summed E-state index contributed by atoms with van der Waals surface area (Å²) in [5.41, 5.74) is 3.87. The first-order chi connectivity index (χ1) is 14.1. The first kappa shape index (κ1) is 18.8. The molecule has 5 heteroatoms. The van der Waals surface area contributed by atoms with Crippen molar-refractivity contribution in [2.75, 3.05) is 4.90 Å². The Balaban J connectivity index is 1.74. The van der Waals surface area contributed by atoms with E-state index in [1.54, 1.807) is 0 Å². The number of rotatable bonds is 2. The number of anilines is 1. The summed E-state index contributed by atoms with van der Waals surface area (Å²) in [4.78, 5) is 9.92. The number of oxime groups is 1. The summed E-state index contributed by atoms with van der Waals surface area (Å²) in [6.45, 7) is 4.38. The number of halogens is 1. The number of para-hydroxylation sites is 1. The Morgan fingerprint density at radius 2 is 1.86 bits per heavy atom. The molecule has 2 heterocycles. The summed E-state index contributed by atoms with van der Waals surface area (Å²) < 4.78 is 1.02. The highest BCUT2D eigenvalue weighted by atomic mass is 79.9. The number of thioether (sulfide) groups is 1. The van der Waals surface area contributed by atoms with Crippen LogP contribution in [0.4, 0.5) is 5.69 Å². The maximum atomic E-state index is 6.37. The maximum absolute atomic E-state index is 6.37. The van der Waals surface area contributed by atoms with Crippen LogP contribution >= 0.6 is 27.7 Å². The molecule has 0 aliphatic carbocycles. The molecule has 2 aliphatic heterocycles. The molecule has 0 radical (unpaired) electrons. The zero-order chi connectivity index (χ0) is 20.0. The minimum absolute atomic E-state index is 0.375. The van der Waals surface area contributed by atoms with E-state index in [2.05, 4.69) is 100 Å². The Bertz CT molecular complexity index is 1100. The van der Waals surface area contributed by atoms with Gasteiger partial charge in [0.1, 0.15) is 0 Å². The lowest BCUT2D eigenvalue weighted by Gasteiger charge is -2.37. The summed E-state index contributed by atoms with van der Waals surface area (Å²) in [6, 6.07) is 25.4. The average molecular weight is 465 g/mol. The van der Waals surface area contributed by atoms with Gasteiger partial charge in [-0.25, -0.2) is 0 Å². The molecule has 2 unspecified atom stereocenters. The highest BCUT2D eigenvalue weighted by Gasteiger charge is 2.52. The van der Waals surface area contributed by atoms with Crippen molar-refractivity contribution in [3.05, 3.63) is 94.0 Å². The van der Waals surface area contributed by atoms with Crippen molar-refractivity contribution in [3.8, 4) is 0 Å². The van der Waals surface area contributed by atoms with Crippen LogP contribution in [0.15, 0.2) is 87.3 Å². The molecule has 0 saturated heterocycles. The first-order valence-electron chi connectivity index (χ1n) is 9.72. The lowest BCUT2D eigenvalue weighted by Crippen LogP contribution is -2.47. The number of amidine groups is 1. The highest BCUT2D eigenvalue weighted by molar-refractivity contribution is 9.10. The SMILES string of the molecule is Cc1ccc(C23CC(C)Sc4ccccc4N2C(c2cccc(Br)c2)=NO3)cc1. The van der Waals surface area contributed by atoms with Gasteiger partial charge in [-0.1, -0.05) is 82.1 Å². The molecule has 29 heavy (non-hydrogen) atoms. The van der Waals surface area contributed by atoms with Crippen LogP contribution < -0.4 is 4.90 Å². The van der Waals surface area contributed by atoms with Crippen LogP contribution in [-0.4, -0.2) is 11.1 Å². The Kier molecular flexibility index (Phi) is 4.67. The van der Waals surface area contributed by atoms with Crippen molar-refractivity contribution < 1.29 is 4.84 Å². The zero-order valence-corrected chi connectivity index (χ0v) is 18.7. The predicted octanol–water partition coefficient (Wildman–Crippen LogP) is 6.69. The Morgan fingerprint density at radius 3 is 2.66 bits per heavy atom. The molecule has 0 saturated carbocycles. The molecule has 5 rings (SSSR count). The molecule has 3 aromatic rings. The Morgan fingerprint density at radius 1 is 1.07 bits per heavy atom. The second-order valence-corrected chi connectivity index (χ2v) is 10.00. The van der Waals surface area contributed by atoms with E-state index in [0.717, 1.165) is 33.5 Å². The lowest BCUT2D eigenvalue weighted by molar-refractivity contribution is -0.0274. The molecule has 2 atom stereocenters. The average Bonchev–Trinajstić information content (AvgIpc) is 3.03. The topological polar surface area (TPSA) is 24.8 Å². The summed E-state index contributed by atoms with van der Waals surface area (Å²) >= 11 is 5.50. The van der Waals surface area contributed by atoms with Gasteiger partial charge in [0.15, 0.2) is 5.84 Å². The van der Waals surface area contributed by atoms with Gasteiger partial charge in [-0.3, -0.25) is 4.90 Å². The van der Waals surface area contributed by atoms with Gasteiger partial charge in [0, 0.05) is 32.2 Å². The van der Waals surface area contributed by atoms with E-state index in [9.17, 15) is 0 Å². The van der Waals surface area contributed by atoms with Crippen molar-refractivity contribution in [3.63, 3.8) is 0 Å². The van der Waals surface area contributed by atoms with Crippen molar-refractivity contribution in [1.29, 1.82) is 0 Å². The van der Waals surface area contributed by atoms with E-state index in [1.165, 1.54) is 10.5 Å². The van der Waals surface area contributed by atoms with Crippen LogP contribution in [0.1, 0.15) is 30.0 Å². The fourth-order valence-corrected chi connectivity index (χ4v) is 5.70. The Labute approximate surface area is 183 Å². The quantitative estimate of drug-likeness (QED) is 0.421. The van der Waals surface area contributed by atoms with Gasteiger partial charge < -0.3 is 4.84 Å². The standard InChI is InChI=1S/C24H21BrN2OS/c1-16-10-12-19(13-11-16)24-15-17(2)29-22-9-4-3-8-21(22)27(24)23(26-28-24)18-6-5-7-20(25)14-18/h3-14,17H,15H2,1-2H3. The third-order valence-corrected chi connectivity index (χ3v) is 7.10. The van der Waals surface area contributed by atoms with Crippen LogP contribution in [0.3, 0.4) is 0 Å². The highest BCUT2D eigenvalue weighted by Crippen LogP contribution is 2.51. The minimum Gasteiger partial charge on any atom is -0.360 e. The van der Waals surface area contributed by atoms with Crippen LogP contribution in [0.2, 0.25) is 0 Å². The zero-order valence-electron chi connectivity index (χ0n) is 16.3. The van der Waals surface area contributed by atoms with Gasteiger partial charge in [-0.15, -0.1) is 11.8 Å². The number of benzene rings is 3. The molecule has 3 aromatic carbocycles. The van der Waals surface area contributed by atoms with Crippen LogP contribution in [0, 0.1) is 6.92 Å². The molecular formula is C24H21BrN2OS. The molecule has 0 fully saturated rings. The fraction of sp³-hybridized carbons (Fsp3) is 0.208. The van der Waals surface area contributed by atoms with E-state index >= 15 is 0 Å².